The second kappa shape index (κ2) is 5.58. The molecule has 0 bridgehead atoms. The largest absolute Gasteiger partial charge is 0.321 e. The zero-order chi connectivity index (χ0) is 15.0. The van der Waals surface area contributed by atoms with Crippen LogP contribution in [-0.4, -0.2) is 19.7 Å². The summed E-state index contributed by atoms with van der Waals surface area (Å²) in [5.41, 5.74) is 1.99. The van der Waals surface area contributed by atoms with Crippen molar-refractivity contribution >= 4 is 34.2 Å². The summed E-state index contributed by atoms with van der Waals surface area (Å²) >= 11 is 12.1. The van der Waals surface area contributed by atoms with E-state index in [1.54, 1.807) is 18.3 Å². The standard InChI is InChI=1S/C14H11Cl2FN4/c1-8(15)14-19-12-6-11(17)10(16)5-13(12)21(14)7-9-3-2-4-18-20-9/h2-6,8H,7H2,1H3. The Morgan fingerprint density at radius 3 is 2.86 bits per heavy atom. The molecule has 2 aromatic heterocycles. The first-order valence-corrected chi connectivity index (χ1v) is 7.13. The summed E-state index contributed by atoms with van der Waals surface area (Å²) in [6.07, 6.45) is 1.60. The van der Waals surface area contributed by atoms with Crippen LogP contribution in [0.4, 0.5) is 4.39 Å². The Balaban J connectivity index is 2.18. The van der Waals surface area contributed by atoms with Crippen LogP contribution in [0.5, 0.6) is 0 Å². The van der Waals surface area contributed by atoms with Gasteiger partial charge in [-0.1, -0.05) is 11.6 Å². The van der Waals surface area contributed by atoms with Gasteiger partial charge in [0.2, 0.25) is 0 Å². The molecule has 0 aliphatic carbocycles. The molecule has 0 fully saturated rings. The van der Waals surface area contributed by atoms with E-state index in [0.29, 0.717) is 17.9 Å². The van der Waals surface area contributed by atoms with Crippen LogP contribution in [0.2, 0.25) is 5.02 Å². The normalized spacial score (nSPS) is 12.8. The molecule has 0 saturated heterocycles. The lowest BCUT2D eigenvalue weighted by atomic mass is 10.3. The van der Waals surface area contributed by atoms with E-state index in [-0.39, 0.29) is 10.4 Å². The van der Waals surface area contributed by atoms with Crippen molar-refractivity contribution < 1.29 is 4.39 Å². The van der Waals surface area contributed by atoms with Gasteiger partial charge in [0.25, 0.3) is 0 Å². The fraction of sp³-hybridized carbons (Fsp3) is 0.214. The minimum Gasteiger partial charge on any atom is -0.321 e. The summed E-state index contributed by atoms with van der Waals surface area (Å²) in [5.74, 6) is 0.140. The number of halogens is 3. The number of nitrogens with zero attached hydrogens (tertiary/aromatic N) is 4. The van der Waals surface area contributed by atoms with Gasteiger partial charge in [0, 0.05) is 12.3 Å². The fourth-order valence-electron chi connectivity index (χ4n) is 2.19. The van der Waals surface area contributed by atoms with E-state index in [9.17, 15) is 4.39 Å². The van der Waals surface area contributed by atoms with Crippen LogP contribution in [0.1, 0.15) is 23.8 Å². The number of benzene rings is 1. The summed E-state index contributed by atoms with van der Waals surface area (Å²) in [5, 5.41) is 7.63. The third-order valence-electron chi connectivity index (χ3n) is 3.12. The van der Waals surface area contributed by atoms with E-state index in [4.69, 9.17) is 23.2 Å². The quantitative estimate of drug-likeness (QED) is 0.685. The minimum absolute atomic E-state index is 0.0524. The first-order chi connectivity index (χ1) is 10.1. The van der Waals surface area contributed by atoms with Crippen molar-refractivity contribution in [2.45, 2.75) is 18.8 Å². The Bertz CT molecular complexity index is 787. The Morgan fingerprint density at radius 1 is 1.38 bits per heavy atom. The second-order valence-electron chi connectivity index (χ2n) is 4.64. The van der Waals surface area contributed by atoms with Gasteiger partial charge >= 0.3 is 0 Å². The van der Waals surface area contributed by atoms with E-state index in [1.165, 1.54) is 6.07 Å². The predicted molar refractivity (Wildman–Crippen MR) is 80.1 cm³/mol. The van der Waals surface area contributed by atoms with Crippen molar-refractivity contribution in [1.82, 2.24) is 19.7 Å². The van der Waals surface area contributed by atoms with Crippen molar-refractivity contribution in [2.75, 3.05) is 0 Å². The summed E-state index contributed by atoms with van der Waals surface area (Å²) < 4.78 is 15.5. The first kappa shape index (κ1) is 14.2. The van der Waals surface area contributed by atoms with E-state index in [1.807, 2.05) is 17.6 Å². The van der Waals surface area contributed by atoms with Gasteiger partial charge in [-0.15, -0.1) is 11.6 Å². The van der Waals surface area contributed by atoms with Crippen LogP contribution in [0.15, 0.2) is 30.5 Å². The van der Waals surface area contributed by atoms with Crippen LogP contribution in [0.3, 0.4) is 0 Å². The number of imidazole rings is 1. The molecule has 0 aliphatic heterocycles. The molecule has 21 heavy (non-hydrogen) atoms. The molecule has 7 heteroatoms. The van der Waals surface area contributed by atoms with Gasteiger partial charge in [-0.2, -0.15) is 10.2 Å². The molecule has 1 aromatic carbocycles. The number of hydrogen-bond acceptors (Lipinski definition) is 3. The fourth-order valence-corrected chi connectivity index (χ4v) is 2.51. The van der Waals surface area contributed by atoms with E-state index in [2.05, 4.69) is 15.2 Å². The van der Waals surface area contributed by atoms with E-state index >= 15 is 0 Å². The minimum atomic E-state index is -0.498. The van der Waals surface area contributed by atoms with Gasteiger partial charge in [0.05, 0.1) is 33.7 Å². The van der Waals surface area contributed by atoms with Gasteiger partial charge in [0.15, 0.2) is 0 Å². The van der Waals surface area contributed by atoms with Gasteiger partial charge < -0.3 is 4.57 Å². The van der Waals surface area contributed by atoms with Gasteiger partial charge in [-0.05, 0) is 25.1 Å². The molecule has 0 radical (unpaired) electrons. The van der Waals surface area contributed by atoms with Crippen molar-refractivity contribution in [1.29, 1.82) is 0 Å². The van der Waals surface area contributed by atoms with Crippen LogP contribution in [0, 0.1) is 5.82 Å². The molecule has 1 unspecified atom stereocenters. The molecule has 0 N–H and O–H groups in total. The van der Waals surface area contributed by atoms with Crippen LogP contribution in [0.25, 0.3) is 11.0 Å². The highest BCUT2D eigenvalue weighted by atomic mass is 35.5. The molecular weight excluding hydrogens is 314 g/mol. The molecule has 0 spiro atoms. The van der Waals surface area contributed by atoms with Crippen LogP contribution < -0.4 is 0 Å². The van der Waals surface area contributed by atoms with Crippen molar-refractivity contribution in [2.24, 2.45) is 0 Å². The third-order valence-corrected chi connectivity index (χ3v) is 3.61. The number of rotatable bonds is 3. The Kier molecular flexibility index (Phi) is 3.78. The molecule has 0 amide bonds. The smallest absolute Gasteiger partial charge is 0.144 e. The first-order valence-electron chi connectivity index (χ1n) is 6.32. The third kappa shape index (κ3) is 2.71. The molecule has 0 aliphatic rings. The molecule has 0 saturated carbocycles. The summed E-state index contributed by atoms with van der Waals surface area (Å²) in [6, 6.07) is 6.52. The molecule has 3 aromatic rings. The summed E-state index contributed by atoms with van der Waals surface area (Å²) in [7, 11) is 0. The number of hydrogen-bond donors (Lipinski definition) is 0. The molecular formula is C14H11Cl2FN4. The highest BCUT2D eigenvalue weighted by Gasteiger charge is 2.17. The molecule has 4 nitrogen and oxygen atoms in total. The van der Waals surface area contributed by atoms with Gasteiger partial charge in [0.1, 0.15) is 11.6 Å². The SMILES string of the molecule is CC(Cl)c1nc2cc(F)c(Cl)cc2n1Cc1cccnn1. The highest BCUT2D eigenvalue weighted by Crippen LogP contribution is 2.28. The maximum Gasteiger partial charge on any atom is 0.144 e. The number of aromatic nitrogens is 4. The highest BCUT2D eigenvalue weighted by molar-refractivity contribution is 6.31. The maximum atomic E-state index is 13.6. The average molecular weight is 325 g/mol. The van der Waals surface area contributed by atoms with Gasteiger partial charge in [-0.25, -0.2) is 9.37 Å². The Labute approximate surface area is 130 Å². The maximum absolute atomic E-state index is 13.6. The van der Waals surface area contributed by atoms with Crippen molar-refractivity contribution in [3.05, 3.63) is 52.8 Å². The molecule has 2 heterocycles. The van der Waals surface area contributed by atoms with Crippen LogP contribution in [-0.2, 0) is 6.54 Å². The van der Waals surface area contributed by atoms with Crippen LogP contribution >= 0.6 is 23.2 Å². The molecule has 108 valence electrons. The Hall–Kier alpha value is -1.72. The summed E-state index contributed by atoms with van der Waals surface area (Å²) in [4.78, 5) is 4.39. The van der Waals surface area contributed by atoms with E-state index < -0.39 is 5.82 Å². The lowest BCUT2D eigenvalue weighted by Crippen LogP contribution is -2.07. The summed E-state index contributed by atoms with van der Waals surface area (Å²) in [6.45, 7) is 2.26. The predicted octanol–water partition coefficient (Wildman–Crippen LogP) is 3.97. The van der Waals surface area contributed by atoms with Crippen molar-refractivity contribution in [3.63, 3.8) is 0 Å². The average Bonchev–Trinajstić information content (AvgIpc) is 2.79. The van der Waals surface area contributed by atoms with E-state index in [0.717, 1.165) is 11.2 Å². The monoisotopic (exact) mass is 324 g/mol. The topological polar surface area (TPSA) is 43.6 Å². The molecule has 1 atom stereocenters. The zero-order valence-electron chi connectivity index (χ0n) is 11.1. The van der Waals surface area contributed by atoms with Crippen molar-refractivity contribution in [3.8, 4) is 0 Å². The second-order valence-corrected chi connectivity index (χ2v) is 5.70. The number of alkyl halides is 1. The zero-order valence-corrected chi connectivity index (χ0v) is 12.6. The Morgan fingerprint density at radius 2 is 2.19 bits per heavy atom. The lowest BCUT2D eigenvalue weighted by molar-refractivity contribution is 0.629. The lowest BCUT2D eigenvalue weighted by Gasteiger charge is -2.09. The number of fused-ring (bicyclic) bond motifs is 1. The van der Waals surface area contributed by atoms with Gasteiger partial charge in [-0.3, -0.25) is 0 Å². The molecule has 3 rings (SSSR count).